The molecule has 8 nitrogen and oxygen atoms in total. The van der Waals surface area contributed by atoms with Crippen LogP contribution in [0.5, 0.6) is 0 Å². The number of primary sulfonamides is 1. The van der Waals surface area contributed by atoms with E-state index in [1.54, 1.807) is 18.2 Å². The summed E-state index contributed by atoms with van der Waals surface area (Å²) in [6.45, 7) is 0.387. The molecular formula is C12H14N4O4S. The van der Waals surface area contributed by atoms with Crippen LogP contribution in [0.2, 0.25) is 0 Å². The first-order valence-electron chi connectivity index (χ1n) is 6.15. The van der Waals surface area contributed by atoms with Gasteiger partial charge in [0.1, 0.15) is 5.52 Å². The van der Waals surface area contributed by atoms with Crippen LogP contribution in [0.25, 0.3) is 10.9 Å². The second-order valence-electron chi connectivity index (χ2n) is 4.44. The van der Waals surface area contributed by atoms with Crippen molar-refractivity contribution in [3.05, 3.63) is 40.6 Å². The predicted octanol–water partition coefficient (Wildman–Crippen LogP) is 1.23. The molecule has 0 atom stereocenters. The first-order valence-corrected chi connectivity index (χ1v) is 7.86. The van der Waals surface area contributed by atoms with Crippen LogP contribution in [0.15, 0.2) is 30.5 Å². The van der Waals surface area contributed by atoms with Gasteiger partial charge in [-0.2, -0.15) is 0 Å². The summed E-state index contributed by atoms with van der Waals surface area (Å²) in [5, 5.41) is 19.5. The van der Waals surface area contributed by atoms with E-state index >= 15 is 0 Å². The molecule has 1 aromatic carbocycles. The largest absolute Gasteiger partial charge is 0.384 e. The highest BCUT2D eigenvalue weighted by Gasteiger charge is 2.15. The Labute approximate surface area is 121 Å². The van der Waals surface area contributed by atoms with Crippen molar-refractivity contribution in [3.63, 3.8) is 0 Å². The summed E-state index contributed by atoms with van der Waals surface area (Å²) in [6, 6.07) is 6.36. The molecule has 1 heterocycles. The molecule has 0 saturated heterocycles. The molecular weight excluding hydrogens is 296 g/mol. The lowest BCUT2D eigenvalue weighted by molar-refractivity contribution is -0.383. The molecule has 0 unspecified atom stereocenters. The number of nitrogens with zero attached hydrogens (tertiary/aromatic N) is 2. The van der Waals surface area contributed by atoms with Crippen LogP contribution in [-0.4, -0.2) is 30.6 Å². The van der Waals surface area contributed by atoms with Crippen LogP contribution in [0.1, 0.15) is 6.42 Å². The van der Waals surface area contributed by atoms with Gasteiger partial charge in [-0.15, -0.1) is 0 Å². The van der Waals surface area contributed by atoms with Crippen molar-refractivity contribution in [3.8, 4) is 0 Å². The Bertz CT molecular complexity index is 776. The molecule has 3 N–H and O–H groups in total. The zero-order valence-electron chi connectivity index (χ0n) is 11.0. The Morgan fingerprint density at radius 3 is 2.76 bits per heavy atom. The molecule has 2 rings (SSSR count). The van der Waals surface area contributed by atoms with Gasteiger partial charge in [-0.3, -0.25) is 10.1 Å². The van der Waals surface area contributed by atoms with Crippen LogP contribution < -0.4 is 10.5 Å². The van der Waals surface area contributed by atoms with E-state index in [-0.39, 0.29) is 11.4 Å². The molecule has 1 aromatic heterocycles. The molecule has 0 fully saturated rings. The van der Waals surface area contributed by atoms with E-state index in [2.05, 4.69) is 10.3 Å². The number of rotatable bonds is 6. The van der Waals surface area contributed by atoms with E-state index < -0.39 is 14.9 Å². The number of fused-ring (bicyclic) bond motifs is 1. The number of hydrogen-bond donors (Lipinski definition) is 2. The predicted molar refractivity (Wildman–Crippen MR) is 79.5 cm³/mol. The van der Waals surface area contributed by atoms with Crippen molar-refractivity contribution < 1.29 is 13.3 Å². The Kier molecular flexibility index (Phi) is 4.34. The van der Waals surface area contributed by atoms with Crippen LogP contribution in [0, 0.1) is 10.1 Å². The van der Waals surface area contributed by atoms with Gasteiger partial charge in [0, 0.05) is 29.9 Å². The third-order valence-corrected chi connectivity index (χ3v) is 3.72. The second kappa shape index (κ2) is 6.02. The topological polar surface area (TPSA) is 128 Å². The maximum Gasteiger partial charge on any atom is 0.295 e. The van der Waals surface area contributed by atoms with Crippen molar-refractivity contribution in [2.24, 2.45) is 5.14 Å². The van der Waals surface area contributed by atoms with Crippen molar-refractivity contribution >= 4 is 32.3 Å². The quantitative estimate of drug-likeness (QED) is 0.469. The highest BCUT2D eigenvalue weighted by Crippen LogP contribution is 2.29. The summed E-state index contributed by atoms with van der Waals surface area (Å²) in [5.41, 5.74) is 0.887. The Hall–Kier alpha value is -2.26. The molecule has 0 amide bonds. The van der Waals surface area contributed by atoms with E-state index in [0.29, 0.717) is 29.6 Å². The van der Waals surface area contributed by atoms with E-state index in [0.717, 1.165) is 0 Å². The minimum absolute atomic E-state index is 0.0688. The number of nitro benzene ring substituents is 1. The van der Waals surface area contributed by atoms with Crippen molar-refractivity contribution in [2.45, 2.75) is 6.42 Å². The lowest BCUT2D eigenvalue weighted by Gasteiger charge is -2.09. The van der Waals surface area contributed by atoms with Crippen molar-refractivity contribution in [2.75, 3.05) is 17.6 Å². The fourth-order valence-corrected chi connectivity index (χ4v) is 2.50. The van der Waals surface area contributed by atoms with Crippen molar-refractivity contribution in [1.82, 2.24) is 4.98 Å². The third-order valence-electron chi connectivity index (χ3n) is 2.87. The van der Waals surface area contributed by atoms with Gasteiger partial charge in [0.15, 0.2) is 0 Å². The van der Waals surface area contributed by atoms with Crippen LogP contribution in [-0.2, 0) is 10.0 Å². The number of hydrogen-bond acceptors (Lipinski definition) is 6. The number of nitrogens with two attached hydrogens (primary N) is 1. The molecule has 21 heavy (non-hydrogen) atoms. The van der Waals surface area contributed by atoms with Gasteiger partial charge in [-0.1, -0.05) is 0 Å². The summed E-state index contributed by atoms with van der Waals surface area (Å²) < 4.78 is 21.7. The fourth-order valence-electron chi connectivity index (χ4n) is 1.96. The zero-order valence-corrected chi connectivity index (χ0v) is 11.8. The first kappa shape index (κ1) is 15.1. The number of nitrogens with one attached hydrogen (secondary N) is 1. The van der Waals surface area contributed by atoms with Gasteiger partial charge in [0.05, 0.1) is 10.7 Å². The van der Waals surface area contributed by atoms with Gasteiger partial charge < -0.3 is 5.32 Å². The molecule has 0 aliphatic rings. The minimum Gasteiger partial charge on any atom is -0.384 e. The van der Waals surface area contributed by atoms with Gasteiger partial charge in [-0.25, -0.2) is 18.5 Å². The third kappa shape index (κ3) is 3.86. The molecule has 112 valence electrons. The van der Waals surface area contributed by atoms with Gasteiger partial charge in [0.2, 0.25) is 10.0 Å². The number of nitro groups is 1. The number of pyridine rings is 1. The SMILES string of the molecule is NS(=O)(=O)CCCNc1ccc([N+](=O)[O-])c2ncccc12. The van der Waals surface area contributed by atoms with E-state index in [1.807, 2.05) is 0 Å². The first-order chi connectivity index (χ1) is 9.88. The molecule has 2 aromatic rings. The molecule has 9 heteroatoms. The fraction of sp³-hybridized carbons (Fsp3) is 0.250. The van der Waals surface area contributed by atoms with E-state index in [1.165, 1.54) is 12.3 Å². The normalized spacial score (nSPS) is 11.5. The molecule has 0 bridgehead atoms. The monoisotopic (exact) mass is 310 g/mol. The second-order valence-corrected chi connectivity index (χ2v) is 6.17. The molecule has 0 aliphatic carbocycles. The number of sulfonamides is 1. The highest BCUT2D eigenvalue weighted by atomic mass is 32.2. The standard InChI is InChI=1S/C12H14N4O4S/c13-21(19,20)8-2-7-14-10-4-5-11(16(17)18)12-9(10)3-1-6-15-12/h1,3-6,14H,2,7-8H2,(H2,13,19,20). The van der Waals surface area contributed by atoms with Gasteiger partial charge in [-0.05, 0) is 24.6 Å². The lowest BCUT2D eigenvalue weighted by atomic mass is 10.1. The van der Waals surface area contributed by atoms with Crippen LogP contribution in [0.4, 0.5) is 11.4 Å². The maximum atomic E-state index is 11.0. The van der Waals surface area contributed by atoms with Crippen LogP contribution in [0.3, 0.4) is 0 Å². The number of aromatic nitrogens is 1. The minimum atomic E-state index is -3.48. The number of benzene rings is 1. The van der Waals surface area contributed by atoms with Crippen LogP contribution >= 0.6 is 0 Å². The summed E-state index contributed by atoms with van der Waals surface area (Å²) in [4.78, 5) is 14.5. The van der Waals surface area contributed by atoms with Gasteiger partial charge >= 0.3 is 0 Å². The lowest BCUT2D eigenvalue weighted by Crippen LogP contribution is -2.18. The zero-order chi connectivity index (χ0) is 15.5. The summed E-state index contributed by atoms with van der Waals surface area (Å²) in [6.07, 6.45) is 1.83. The van der Waals surface area contributed by atoms with Gasteiger partial charge in [0.25, 0.3) is 5.69 Å². The summed E-state index contributed by atoms with van der Waals surface area (Å²) in [5.74, 6) is -0.122. The molecule has 0 spiro atoms. The van der Waals surface area contributed by atoms with E-state index in [9.17, 15) is 18.5 Å². The molecule has 0 aliphatic heterocycles. The van der Waals surface area contributed by atoms with Crippen molar-refractivity contribution in [1.29, 1.82) is 0 Å². The molecule has 0 saturated carbocycles. The number of anilines is 1. The molecule has 0 radical (unpaired) electrons. The summed E-state index contributed by atoms with van der Waals surface area (Å²) in [7, 11) is -3.48. The Morgan fingerprint density at radius 2 is 2.10 bits per heavy atom. The average molecular weight is 310 g/mol. The highest BCUT2D eigenvalue weighted by molar-refractivity contribution is 7.89. The van der Waals surface area contributed by atoms with E-state index in [4.69, 9.17) is 5.14 Å². The summed E-state index contributed by atoms with van der Waals surface area (Å²) >= 11 is 0. The Balaban J connectivity index is 2.22. The smallest absolute Gasteiger partial charge is 0.295 e. The average Bonchev–Trinajstić information content (AvgIpc) is 2.42. The maximum absolute atomic E-state index is 11.0. The number of non-ortho nitro benzene ring substituents is 1. The Morgan fingerprint density at radius 1 is 1.33 bits per heavy atom.